The van der Waals surface area contributed by atoms with Gasteiger partial charge in [0, 0.05) is 19.2 Å². The second kappa shape index (κ2) is 6.51. The van der Waals surface area contributed by atoms with Crippen LogP contribution < -0.4 is 16.0 Å². The fraction of sp³-hybridized carbons (Fsp3) is 0.294. The molecule has 4 aromatic rings. The number of methoxy groups -OCH3 is 1. The number of imidazole rings is 1. The first-order chi connectivity index (χ1) is 13.4. The lowest BCUT2D eigenvalue weighted by Gasteiger charge is -2.08. The second-order valence-electron chi connectivity index (χ2n) is 6.31. The summed E-state index contributed by atoms with van der Waals surface area (Å²) >= 11 is 3.30. The maximum atomic E-state index is 12.6. The molecular weight excluding hydrogens is 432 g/mol. The third-order valence-electron chi connectivity index (χ3n) is 4.59. The molecule has 0 saturated heterocycles. The van der Waals surface area contributed by atoms with Gasteiger partial charge in [-0.2, -0.15) is 0 Å². The van der Waals surface area contributed by atoms with Crippen molar-refractivity contribution in [3.05, 3.63) is 37.4 Å². The molecule has 0 fully saturated rings. The number of aryl methyl sites for hydroxylation is 2. The quantitative estimate of drug-likeness (QED) is 0.489. The zero-order valence-electron chi connectivity index (χ0n) is 15.4. The van der Waals surface area contributed by atoms with Crippen molar-refractivity contribution in [2.75, 3.05) is 7.11 Å². The number of hydrogen-bond donors (Lipinski definition) is 2. The smallest absolute Gasteiger partial charge is 0.329 e. The molecule has 2 N–H and O–H groups in total. The molecule has 0 radical (unpaired) electrons. The number of phenolic OH excluding ortho intramolecular Hbond substituents is 1. The van der Waals surface area contributed by atoms with Gasteiger partial charge < -0.3 is 14.4 Å². The van der Waals surface area contributed by atoms with Crippen molar-refractivity contribution in [3.8, 4) is 22.9 Å². The van der Waals surface area contributed by atoms with E-state index in [4.69, 9.17) is 4.74 Å². The summed E-state index contributed by atoms with van der Waals surface area (Å²) in [5, 5.41) is 18.6. The minimum atomic E-state index is -0.530. The Bertz CT molecular complexity index is 1350. The van der Waals surface area contributed by atoms with Crippen molar-refractivity contribution < 1.29 is 9.84 Å². The van der Waals surface area contributed by atoms with E-state index in [-0.39, 0.29) is 11.5 Å². The second-order valence-corrected chi connectivity index (χ2v) is 7.16. The lowest BCUT2D eigenvalue weighted by molar-refractivity contribution is 0.372. The van der Waals surface area contributed by atoms with E-state index in [9.17, 15) is 14.7 Å². The van der Waals surface area contributed by atoms with Gasteiger partial charge in [0.1, 0.15) is 0 Å². The van der Waals surface area contributed by atoms with Crippen LogP contribution in [0.25, 0.3) is 28.3 Å². The summed E-state index contributed by atoms with van der Waals surface area (Å²) in [4.78, 5) is 27.1. The Kier molecular flexibility index (Phi) is 4.26. The van der Waals surface area contributed by atoms with Crippen LogP contribution in [0.15, 0.2) is 26.2 Å². The molecule has 0 atom stereocenters. The van der Waals surface area contributed by atoms with Gasteiger partial charge in [0.2, 0.25) is 5.78 Å². The highest BCUT2D eigenvalue weighted by Crippen LogP contribution is 2.38. The monoisotopic (exact) mass is 448 g/mol. The van der Waals surface area contributed by atoms with E-state index >= 15 is 0 Å². The third-order valence-corrected chi connectivity index (χ3v) is 5.20. The molecule has 11 heteroatoms. The average molecular weight is 449 g/mol. The molecule has 0 aliphatic carbocycles. The van der Waals surface area contributed by atoms with E-state index < -0.39 is 11.2 Å². The molecule has 0 unspecified atom stereocenters. The van der Waals surface area contributed by atoms with Gasteiger partial charge in [0.15, 0.2) is 28.5 Å². The minimum Gasteiger partial charge on any atom is -0.503 e. The van der Waals surface area contributed by atoms with Gasteiger partial charge in [0.25, 0.3) is 5.56 Å². The predicted octanol–water partition coefficient (Wildman–Crippen LogP) is 1.62. The van der Waals surface area contributed by atoms with Crippen molar-refractivity contribution >= 4 is 32.9 Å². The van der Waals surface area contributed by atoms with E-state index in [1.165, 1.54) is 11.7 Å². The molecule has 0 amide bonds. The van der Waals surface area contributed by atoms with E-state index in [0.29, 0.717) is 39.3 Å². The molecule has 0 saturated carbocycles. The summed E-state index contributed by atoms with van der Waals surface area (Å²) < 4.78 is 10.4. The summed E-state index contributed by atoms with van der Waals surface area (Å²) in [6.07, 6.45) is 0.766. The summed E-state index contributed by atoms with van der Waals surface area (Å²) in [7, 11) is 3.02. The highest BCUT2D eigenvalue weighted by atomic mass is 79.9. The minimum absolute atomic E-state index is 0.0377. The number of aromatic nitrogens is 6. The third kappa shape index (κ3) is 2.46. The Morgan fingerprint density at radius 1 is 1.29 bits per heavy atom. The SMILES string of the molecule is CCCn1c2c(=O)[nH]c(=O)n(C)c2n2c(-c3cc(Br)c(O)c(OC)c3)nnc12. The van der Waals surface area contributed by atoms with Crippen LogP contribution in [-0.2, 0) is 13.6 Å². The summed E-state index contributed by atoms with van der Waals surface area (Å²) in [6.45, 7) is 2.52. The van der Waals surface area contributed by atoms with E-state index in [2.05, 4.69) is 31.1 Å². The number of benzene rings is 1. The number of halogens is 1. The first kappa shape index (κ1) is 18.3. The maximum Gasteiger partial charge on any atom is 0.329 e. The van der Waals surface area contributed by atoms with Crippen LogP contribution in [0, 0.1) is 0 Å². The molecule has 10 nitrogen and oxygen atoms in total. The highest BCUT2D eigenvalue weighted by Gasteiger charge is 2.23. The van der Waals surface area contributed by atoms with E-state index in [1.807, 2.05) is 6.92 Å². The summed E-state index contributed by atoms with van der Waals surface area (Å²) in [6, 6.07) is 3.29. The first-order valence-corrected chi connectivity index (χ1v) is 9.31. The number of nitrogens with one attached hydrogen (secondary N) is 1. The van der Waals surface area contributed by atoms with Gasteiger partial charge in [-0.05, 0) is 34.5 Å². The molecule has 0 spiro atoms. The van der Waals surface area contributed by atoms with Gasteiger partial charge >= 0.3 is 5.69 Å². The molecule has 1 aromatic carbocycles. The van der Waals surface area contributed by atoms with E-state index in [0.717, 1.165) is 6.42 Å². The lowest BCUT2D eigenvalue weighted by Crippen LogP contribution is -2.29. The Morgan fingerprint density at radius 2 is 2.04 bits per heavy atom. The molecule has 146 valence electrons. The van der Waals surface area contributed by atoms with Gasteiger partial charge in [-0.15, -0.1) is 10.2 Å². The normalized spacial score (nSPS) is 11.6. The number of rotatable bonds is 4. The number of fused-ring (bicyclic) bond motifs is 3. The number of phenols is 1. The molecule has 0 aliphatic heterocycles. The van der Waals surface area contributed by atoms with Crippen molar-refractivity contribution in [2.45, 2.75) is 19.9 Å². The molecule has 28 heavy (non-hydrogen) atoms. The first-order valence-electron chi connectivity index (χ1n) is 8.52. The molecule has 3 heterocycles. The number of nitrogens with zero attached hydrogens (tertiary/aromatic N) is 5. The number of aromatic amines is 1. The summed E-state index contributed by atoms with van der Waals surface area (Å²) in [5.41, 5.74) is 0.321. The van der Waals surface area contributed by atoms with Crippen LogP contribution in [0.3, 0.4) is 0 Å². The van der Waals surface area contributed by atoms with Crippen molar-refractivity contribution in [1.82, 2.24) is 28.7 Å². The van der Waals surface area contributed by atoms with Crippen LogP contribution in [-0.4, -0.2) is 40.9 Å². The number of aromatic hydroxyl groups is 1. The topological polar surface area (TPSA) is 119 Å². The van der Waals surface area contributed by atoms with Gasteiger partial charge in [-0.3, -0.25) is 14.3 Å². The highest BCUT2D eigenvalue weighted by molar-refractivity contribution is 9.10. The molecule has 4 rings (SSSR count). The summed E-state index contributed by atoms with van der Waals surface area (Å²) in [5.74, 6) is 1.07. The van der Waals surface area contributed by atoms with Crippen molar-refractivity contribution in [2.24, 2.45) is 7.05 Å². The van der Waals surface area contributed by atoms with Crippen LogP contribution in [0.5, 0.6) is 11.5 Å². The maximum absolute atomic E-state index is 12.6. The van der Waals surface area contributed by atoms with Crippen LogP contribution in [0.1, 0.15) is 13.3 Å². The number of ether oxygens (including phenoxy) is 1. The number of H-pyrrole nitrogens is 1. The lowest BCUT2D eigenvalue weighted by atomic mass is 10.2. The van der Waals surface area contributed by atoms with E-state index in [1.54, 1.807) is 28.1 Å². The Morgan fingerprint density at radius 3 is 2.71 bits per heavy atom. The molecular formula is C17H17BrN6O4. The van der Waals surface area contributed by atoms with Crippen molar-refractivity contribution in [3.63, 3.8) is 0 Å². The standard InChI is InChI=1S/C17H17BrN6O4/c1-4-5-23-11-14(26)19-17(27)22(2)15(11)24-13(20-21-16(23)24)8-6-9(18)12(25)10(7-8)28-3/h6-7,25H,4-5H2,1-3H3,(H,19,26,27). The molecule has 0 bridgehead atoms. The Hall–Kier alpha value is -3.08. The zero-order valence-corrected chi connectivity index (χ0v) is 16.9. The van der Waals surface area contributed by atoms with Gasteiger partial charge in [-0.1, -0.05) is 6.92 Å². The fourth-order valence-corrected chi connectivity index (χ4v) is 3.76. The van der Waals surface area contributed by atoms with Crippen LogP contribution in [0.4, 0.5) is 0 Å². The van der Waals surface area contributed by atoms with Crippen LogP contribution >= 0.6 is 15.9 Å². The van der Waals surface area contributed by atoms with Crippen LogP contribution in [0.2, 0.25) is 0 Å². The fourth-order valence-electron chi connectivity index (χ4n) is 3.32. The van der Waals surface area contributed by atoms with Crippen molar-refractivity contribution in [1.29, 1.82) is 0 Å². The largest absolute Gasteiger partial charge is 0.503 e. The predicted molar refractivity (Wildman–Crippen MR) is 106 cm³/mol. The Labute approximate surface area is 166 Å². The number of hydrogen-bond acceptors (Lipinski definition) is 6. The zero-order chi connectivity index (χ0) is 20.2. The molecule has 0 aliphatic rings. The van der Waals surface area contributed by atoms with Gasteiger partial charge in [0.05, 0.1) is 11.6 Å². The Balaban J connectivity index is 2.18. The van der Waals surface area contributed by atoms with Gasteiger partial charge in [-0.25, -0.2) is 9.20 Å². The molecule has 3 aromatic heterocycles. The average Bonchev–Trinajstić information content (AvgIpc) is 3.22.